The normalized spacial score (nSPS) is 12.5. The number of benzene rings is 1. The van der Waals surface area contributed by atoms with Crippen LogP contribution in [0.5, 0.6) is 0 Å². The molecule has 72 valence electrons. The average molecular weight is 179 g/mol. The van der Waals surface area contributed by atoms with Crippen LogP contribution in [0.4, 0.5) is 17.1 Å². The summed E-state index contributed by atoms with van der Waals surface area (Å²) in [6.07, 6.45) is 1.07. The van der Waals surface area contributed by atoms with Gasteiger partial charge in [-0.25, -0.2) is 0 Å². The summed E-state index contributed by atoms with van der Waals surface area (Å²) in [6, 6.07) is 5.97. The maximum Gasteiger partial charge on any atom is 0.0577 e. The molecule has 0 radical (unpaired) electrons. The molecule has 1 rings (SSSR count). The summed E-state index contributed by atoms with van der Waals surface area (Å²) in [7, 11) is 0. The second kappa shape index (κ2) is 4.03. The van der Waals surface area contributed by atoms with E-state index in [0.29, 0.717) is 17.4 Å². The molecular weight excluding hydrogens is 162 g/mol. The van der Waals surface area contributed by atoms with Crippen LogP contribution in [0.15, 0.2) is 18.2 Å². The van der Waals surface area contributed by atoms with E-state index in [4.69, 9.17) is 11.5 Å². The molecule has 0 amide bonds. The van der Waals surface area contributed by atoms with Crippen LogP contribution >= 0.6 is 0 Å². The molecule has 3 nitrogen and oxygen atoms in total. The lowest BCUT2D eigenvalue weighted by atomic mass is 10.2. The monoisotopic (exact) mass is 179 g/mol. The van der Waals surface area contributed by atoms with Gasteiger partial charge in [0.1, 0.15) is 0 Å². The highest BCUT2D eigenvalue weighted by atomic mass is 14.9. The molecule has 1 atom stereocenters. The number of nitrogen functional groups attached to an aromatic ring is 2. The smallest absolute Gasteiger partial charge is 0.0577 e. The van der Waals surface area contributed by atoms with Crippen LogP contribution in [0.3, 0.4) is 0 Å². The van der Waals surface area contributed by atoms with E-state index >= 15 is 0 Å². The summed E-state index contributed by atoms with van der Waals surface area (Å²) in [5, 5.41) is 3.31. The van der Waals surface area contributed by atoms with Gasteiger partial charge in [-0.15, -0.1) is 0 Å². The summed E-state index contributed by atoms with van der Waals surface area (Å²) >= 11 is 0. The Morgan fingerprint density at radius 3 is 2.62 bits per heavy atom. The lowest BCUT2D eigenvalue weighted by molar-refractivity contribution is 0.764. The third kappa shape index (κ3) is 2.54. The summed E-state index contributed by atoms with van der Waals surface area (Å²) < 4.78 is 0. The standard InChI is InChI=1S/C10H17N3/c1-3-7(2)13-10-5-4-8(11)6-9(10)12/h4-7,13H,3,11-12H2,1-2H3. The van der Waals surface area contributed by atoms with Gasteiger partial charge in [-0.1, -0.05) is 6.92 Å². The molecule has 0 aliphatic carbocycles. The van der Waals surface area contributed by atoms with Gasteiger partial charge in [0, 0.05) is 11.7 Å². The minimum absolute atomic E-state index is 0.436. The number of hydrogen-bond donors (Lipinski definition) is 3. The van der Waals surface area contributed by atoms with Crippen molar-refractivity contribution in [2.75, 3.05) is 16.8 Å². The summed E-state index contributed by atoms with van der Waals surface area (Å²) in [6.45, 7) is 4.25. The molecule has 1 aromatic carbocycles. The van der Waals surface area contributed by atoms with Gasteiger partial charge in [-0.05, 0) is 31.5 Å². The van der Waals surface area contributed by atoms with Gasteiger partial charge in [0.05, 0.1) is 11.4 Å². The lowest BCUT2D eigenvalue weighted by Crippen LogP contribution is -2.14. The largest absolute Gasteiger partial charge is 0.399 e. The maximum absolute atomic E-state index is 5.78. The summed E-state index contributed by atoms with van der Waals surface area (Å²) in [5.74, 6) is 0. The topological polar surface area (TPSA) is 64.1 Å². The highest BCUT2D eigenvalue weighted by molar-refractivity contribution is 5.70. The fourth-order valence-corrected chi connectivity index (χ4v) is 1.08. The number of nitrogens with two attached hydrogens (primary N) is 2. The van der Waals surface area contributed by atoms with Crippen LogP contribution in [-0.2, 0) is 0 Å². The van der Waals surface area contributed by atoms with Crippen molar-refractivity contribution in [2.24, 2.45) is 0 Å². The van der Waals surface area contributed by atoms with Gasteiger partial charge in [0.2, 0.25) is 0 Å². The van der Waals surface area contributed by atoms with Crippen LogP contribution in [-0.4, -0.2) is 6.04 Å². The van der Waals surface area contributed by atoms with Crippen molar-refractivity contribution in [3.8, 4) is 0 Å². The molecule has 0 bridgehead atoms. The maximum atomic E-state index is 5.78. The molecule has 0 aliphatic rings. The first-order chi connectivity index (χ1) is 6.13. The predicted octanol–water partition coefficient (Wildman–Crippen LogP) is 2.06. The fraction of sp³-hybridized carbons (Fsp3) is 0.400. The molecule has 1 aromatic rings. The Hall–Kier alpha value is -1.38. The molecule has 0 heterocycles. The minimum Gasteiger partial charge on any atom is -0.399 e. The van der Waals surface area contributed by atoms with Crippen LogP contribution in [0, 0.1) is 0 Å². The average Bonchev–Trinajstić information content (AvgIpc) is 2.09. The Labute approximate surface area is 79.1 Å². The van der Waals surface area contributed by atoms with E-state index in [9.17, 15) is 0 Å². The predicted molar refractivity (Wildman–Crippen MR) is 58.6 cm³/mol. The van der Waals surface area contributed by atoms with Crippen molar-refractivity contribution < 1.29 is 0 Å². The first-order valence-corrected chi connectivity index (χ1v) is 4.55. The number of rotatable bonds is 3. The van der Waals surface area contributed by atoms with Gasteiger partial charge < -0.3 is 16.8 Å². The molecule has 1 unspecified atom stereocenters. The van der Waals surface area contributed by atoms with E-state index in [1.807, 2.05) is 12.1 Å². The van der Waals surface area contributed by atoms with E-state index < -0.39 is 0 Å². The highest BCUT2D eigenvalue weighted by Crippen LogP contribution is 2.21. The highest BCUT2D eigenvalue weighted by Gasteiger charge is 2.02. The summed E-state index contributed by atoms with van der Waals surface area (Å²) in [4.78, 5) is 0. The molecule has 5 N–H and O–H groups in total. The third-order valence-electron chi connectivity index (χ3n) is 2.09. The Morgan fingerprint density at radius 1 is 1.38 bits per heavy atom. The van der Waals surface area contributed by atoms with Crippen LogP contribution < -0.4 is 16.8 Å². The van der Waals surface area contributed by atoms with Crippen LogP contribution in [0.2, 0.25) is 0 Å². The van der Waals surface area contributed by atoms with Crippen molar-refractivity contribution in [1.29, 1.82) is 0 Å². The first kappa shape index (κ1) is 9.71. The number of hydrogen-bond acceptors (Lipinski definition) is 3. The van der Waals surface area contributed by atoms with Gasteiger partial charge >= 0.3 is 0 Å². The second-order valence-corrected chi connectivity index (χ2v) is 3.30. The zero-order valence-corrected chi connectivity index (χ0v) is 8.17. The summed E-state index contributed by atoms with van der Waals surface area (Å²) in [5.41, 5.74) is 13.7. The van der Waals surface area contributed by atoms with Crippen LogP contribution in [0.25, 0.3) is 0 Å². The molecular formula is C10H17N3. The quantitative estimate of drug-likeness (QED) is 0.622. The number of anilines is 3. The van der Waals surface area contributed by atoms with Crippen molar-refractivity contribution in [2.45, 2.75) is 26.3 Å². The van der Waals surface area contributed by atoms with E-state index in [1.54, 1.807) is 6.07 Å². The van der Waals surface area contributed by atoms with Gasteiger partial charge in [0.25, 0.3) is 0 Å². The molecule has 0 saturated heterocycles. The Bertz CT molecular complexity index is 283. The molecule has 13 heavy (non-hydrogen) atoms. The lowest BCUT2D eigenvalue weighted by Gasteiger charge is -2.14. The van der Waals surface area contributed by atoms with Gasteiger partial charge in [-0.3, -0.25) is 0 Å². The fourth-order valence-electron chi connectivity index (χ4n) is 1.08. The van der Waals surface area contributed by atoms with E-state index in [-0.39, 0.29) is 0 Å². The van der Waals surface area contributed by atoms with Crippen molar-refractivity contribution in [1.82, 2.24) is 0 Å². The molecule has 0 saturated carbocycles. The Balaban J connectivity index is 2.77. The van der Waals surface area contributed by atoms with E-state index in [2.05, 4.69) is 19.2 Å². The van der Waals surface area contributed by atoms with Crippen molar-refractivity contribution in [3.63, 3.8) is 0 Å². The zero-order chi connectivity index (χ0) is 9.84. The first-order valence-electron chi connectivity index (χ1n) is 4.55. The SMILES string of the molecule is CCC(C)Nc1ccc(N)cc1N. The molecule has 3 heteroatoms. The number of nitrogens with one attached hydrogen (secondary N) is 1. The molecule has 0 aromatic heterocycles. The van der Waals surface area contributed by atoms with Gasteiger partial charge in [-0.2, -0.15) is 0 Å². The molecule has 0 spiro atoms. The third-order valence-corrected chi connectivity index (χ3v) is 2.09. The minimum atomic E-state index is 0.436. The molecule has 0 fully saturated rings. The zero-order valence-electron chi connectivity index (χ0n) is 8.17. The Morgan fingerprint density at radius 2 is 2.08 bits per heavy atom. The van der Waals surface area contributed by atoms with Crippen molar-refractivity contribution >= 4 is 17.1 Å². The van der Waals surface area contributed by atoms with E-state index in [1.165, 1.54) is 0 Å². The van der Waals surface area contributed by atoms with E-state index in [0.717, 1.165) is 12.1 Å². The van der Waals surface area contributed by atoms with Gasteiger partial charge in [0.15, 0.2) is 0 Å². The Kier molecular flexibility index (Phi) is 3.01. The van der Waals surface area contributed by atoms with Crippen molar-refractivity contribution in [3.05, 3.63) is 18.2 Å². The van der Waals surface area contributed by atoms with Crippen LogP contribution in [0.1, 0.15) is 20.3 Å². The molecule has 0 aliphatic heterocycles. The second-order valence-electron chi connectivity index (χ2n) is 3.30.